The van der Waals surface area contributed by atoms with Crippen LogP contribution in [0.5, 0.6) is 0 Å². The summed E-state index contributed by atoms with van der Waals surface area (Å²) < 4.78 is 0. The molecule has 0 spiro atoms. The molecule has 5 heteroatoms. The summed E-state index contributed by atoms with van der Waals surface area (Å²) >= 11 is 1.22. The van der Waals surface area contributed by atoms with E-state index < -0.39 is 5.97 Å². The van der Waals surface area contributed by atoms with Gasteiger partial charge in [0.2, 0.25) is 5.91 Å². The molecule has 1 rings (SSSR count). The maximum Gasteiger partial charge on any atom is 0.338 e. The van der Waals surface area contributed by atoms with Crippen molar-refractivity contribution in [3.8, 4) is 0 Å². The quantitative estimate of drug-likeness (QED) is 0.830. The van der Waals surface area contributed by atoms with E-state index in [0.29, 0.717) is 5.00 Å². The predicted molar refractivity (Wildman–Crippen MR) is 59.4 cm³/mol. The molecular weight excluding hydrogens is 214 g/mol. The van der Waals surface area contributed by atoms with Gasteiger partial charge >= 0.3 is 5.97 Å². The van der Waals surface area contributed by atoms with Gasteiger partial charge in [-0.2, -0.15) is 0 Å². The maximum absolute atomic E-state index is 11.5. The number of rotatable bonds is 4. The third-order valence-electron chi connectivity index (χ3n) is 2.19. The van der Waals surface area contributed by atoms with Crippen LogP contribution >= 0.6 is 11.3 Å². The average molecular weight is 227 g/mol. The molecule has 0 bridgehead atoms. The molecule has 0 radical (unpaired) electrons. The van der Waals surface area contributed by atoms with Gasteiger partial charge in [-0.1, -0.05) is 13.8 Å². The molecule has 0 aliphatic carbocycles. The molecule has 0 saturated heterocycles. The summed E-state index contributed by atoms with van der Waals surface area (Å²) in [5.41, 5.74) is 0.150. The topological polar surface area (TPSA) is 66.4 Å². The fourth-order valence-electron chi connectivity index (χ4n) is 0.995. The van der Waals surface area contributed by atoms with Crippen molar-refractivity contribution in [2.75, 3.05) is 5.32 Å². The second-order valence-corrected chi connectivity index (χ2v) is 4.18. The lowest BCUT2D eigenvalue weighted by Gasteiger charge is -2.08. The van der Waals surface area contributed by atoms with Crippen LogP contribution in [0.2, 0.25) is 0 Å². The third kappa shape index (κ3) is 2.79. The van der Waals surface area contributed by atoms with Crippen LogP contribution in [0.15, 0.2) is 11.4 Å². The van der Waals surface area contributed by atoms with E-state index in [-0.39, 0.29) is 17.4 Å². The first-order valence-electron chi connectivity index (χ1n) is 4.68. The molecular formula is C10H13NO3S. The van der Waals surface area contributed by atoms with Gasteiger partial charge < -0.3 is 10.4 Å². The number of thiophene rings is 1. The molecule has 0 saturated carbocycles. The van der Waals surface area contributed by atoms with E-state index in [1.165, 1.54) is 17.4 Å². The summed E-state index contributed by atoms with van der Waals surface area (Å²) in [5, 5.41) is 13.5. The summed E-state index contributed by atoms with van der Waals surface area (Å²) in [6, 6.07) is 1.49. The van der Waals surface area contributed by atoms with Gasteiger partial charge in [-0.25, -0.2) is 4.79 Å². The Morgan fingerprint density at radius 1 is 1.60 bits per heavy atom. The Bertz CT molecular complexity index is 372. The van der Waals surface area contributed by atoms with E-state index in [4.69, 9.17) is 5.11 Å². The molecule has 0 aliphatic heterocycles. The van der Waals surface area contributed by atoms with Crippen LogP contribution in [-0.2, 0) is 4.79 Å². The zero-order valence-electron chi connectivity index (χ0n) is 8.61. The van der Waals surface area contributed by atoms with Crippen LogP contribution in [0.1, 0.15) is 30.6 Å². The normalized spacial score (nSPS) is 12.1. The van der Waals surface area contributed by atoms with Crippen LogP contribution in [-0.4, -0.2) is 17.0 Å². The lowest BCUT2D eigenvalue weighted by atomic mass is 10.1. The summed E-state index contributed by atoms with van der Waals surface area (Å²) in [5.74, 6) is -1.26. The van der Waals surface area contributed by atoms with Crippen molar-refractivity contribution >= 4 is 28.2 Å². The van der Waals surface area contributed by atoms with Crippen molar-refractivity contribution in [2.24, 2.45) is 5.92 Å². The Morgan fingerprint density at radius 3 is 2.80 bits per heavy atom. The molecule has 0 aliphatic rings. The van der Waals surface area contributed by atoms with Gasteiger partial charge in [0.25, 0.3) is 0 Å². The molecule has 1 amide bonds. The van der Waals surface area contributed by atoms with Crippen molar-refractivity contribution in [1.82, 2.24) is 0 Å². The van der Waals surface area contributed by atoms with Gasteiger partial charge in [-0.05, 0) is 17.9 Å². The van der Waals surface area contributed by atoms with Gasteiger partial charge in [-0.15, -0.1) is 11.3 Å². The van der Waals surface area contributed by atoms with Gasteiger partial charge in [0, 0.05) is 5.92 Å². The van der Waals surface area contributed by atoms with Gasteiger partial charge in [-0.3, -0.25) is 4.79 Å². The Hall–Kier alpha value is -1.36. The van der Waals surface area contributed by atoms with Crippen molar-refractivity contribution in [1.29, 1.82) is 0 Å². The minimum atomic E-state index is -1.02. The van der Waals surface area contributed by atoms with Crippen LogP contribution < -0.4 is 5.32 Å². The van der Waals surface area contributed by atoms with Crippen LogP contribution in [0.4, 0.5) is 5.00 Å². The summed E-state index contributed by atoms with van der Waals surface area (Å²) in [7, 11) is 0. The molecule has 1 heterocycles. The van der Waals surface area contributed by atoms with E-state index in [0.717, 1.165) is 6.42 Å². The Morgan fingerprint density at radius 2 is 2.27 bits per heavy atom. The predicted octanol–water partition coefficient (Wildman–Crippen LogP) is 2.43. The number of aromatic carboxylic acids is 1. The van der Waals surface area contributed by atoms with Crippen molar-refractivity contribution in [2.45, 2.75) is 20.3 Å². The minimum absolute atomic E-state index is 0.103. The van der Waals surface area contributed by atoms with E-state index in [2.05, 4.69) is 5.32 Å². The standard InChI is InChI=1S/C10H13NO3S/c1-3-6(2)8(12)11-9-7(10(13)14)4-5-15-9/h4-6H,3H2,1-2H3,(H,11,12)(H,13,14). The summed E-state index contributed by atoms with van der Waals surface area (Å²) in [6.45, 7) is 3.72. The second-order valence-electron chi connectivity index (χ2n) is 3.27. The third-order valence-corrected chi connectivity index (χ3v) is 3.02. The Kier molecular flexibility index (Phi) is 3.85. The summed E-state index contributed by atoms with van der Waals surface area (Å²) in [4.78, 5) is 22.3. The highest BCUT2D eigenvalue weighted by Gasteiger charge is 2.16. The zero-order valence-corrected chi connectivity index (χ0v) is 9.43. The molecule has 82 valence electrons. The fraction of sp³-hybridized carbons (Fsp3) is 0.400. The number of hydrogen-bond donors (Lipinski definition) is 2. The maximum atomic E-state index is 11.5. The van der Waals surface area contributed by atoms with Crippen LogP contribution in [0.3, 0.4) is 0 Å². The van der Waals surface area contributed by atoms with Crippen LogP contribution in [0.25, 0.3) is 0 Å². The number of hydrogen-bond acceptors (Lipinski definition) is 3. The molecule has 15 heavy (non-hydrogen) atoms. The number of nitrogens with one attached hydrogen (secondary N) is 1. The van der Waals surface area contributed by atoms with E-state index >= 15 is 0 Å². The lowest BCUT2D eigenvalue weighted by molar-refractivity contribution is -0.119. The molecule has 2 N–H and O–H groups in total. The molecule has 1 aromatic rings. The first kappa shape index (κ1) is 11.7. The molecule has 1 aromatic heterocycles. The van der Waals surface area contributed by atoms with Crippen LogP contribution in [0, 0.1) is 5.92 Å². The molecule has 0 aromatic carbocycles. The highest BCUT2D eigenvalue weighted by Crippen LogP contribution is 2.23. The zero-order chi connectivity index (χ0) is 11.4. The van der Waals surface area contributed by atoms with Crippen molar-refractivity contribution < 1.29 is 14.7 Å². The highest BCUT2D eigenvalue weighted by atomic mass is 32.1. The average Bonchev–Trinajstić information content (AvgIpc) is 2.64. The van der Waals surface area contributed by atoms with Gasteiger partial charge in [0.05, 0.1) is 5.56 Å². The number of carbonyl (C=O) groups is 2. The minimum Gasteiger partial charge on any atom is -0.478 e. The number of carboxylic acids is 1. The molecule has 0 fully saturated rings. The van der Waals surface area contributed by atoms with Crippen molar-refractivity contribution in [3.63, 3.8) is 0 Å². The molecule has 4 nitrogen and oxygen atoms in total. The lowest BCUT2D eigenvalue weighted by Crippen LogP contribution is -2.20. The van der Waals surface area contributed by atoms with Gasteiger partial charge in [0.1, 0.15) is 5.00 Å². The Balaban J connectivity index is 2.76. The van der Waals surface area contributed by atoms with E-state index in [1.807, 2.05) is 13.8 Å². The smallest absolute Gasteiger partial charge is 0.338 e. The first-order chi connectivity index (χ1) is 7.06. The summed E-state index contributed by atoms with van der Waals surface area (Å²) in [6.07, 6.45) is 0.736. The monoisotopic (exact) mass is 227 g/mol. The largest absolute Gasteiger partial charge is 0.478 e. The SMILES string of the molecule is CCC(C)C(=O)Nc1sccc1C(=O)O. The molecule has 1 atom stereocenters. The van der Waals surface area contributed by atoms with E-state index in [9.17, 15) is 9.59 Å². The molecule has 1 unspecified atom stereocenters. The van der Waals surface area contributed by atoms with E-state index in [1.54, 1.807) is 5.38 Å². The first-order valence-corrected chi connectivity index (χ1v) is 5.55. The highest BCUT2D eigenvalue weighted by molar-refractivity contribution is 7.14. The fourth-order valence-corrected chi connectivity index (χ4v) is 1.78. The second kappa shape index (κ2) is 4.93. The number of amides is 1. The Labute approximate surface area is 91.9 Å². The number of carboxylic acid groups (broad SMARTS) is 1. The van der Waals surface area contributed by atoms with Crippen molar-refractivity contribution in [3.05, 3.63) is 17.0 Å². The number of anilines is 1. The number of carbonyl (C=O) groups excluding carboxylic acids is 1. The van der Waals surface area contributed by atoms with Gasteiger partial charge in [0.15, 0.2) is 0 Å².